The first kappa shape index (κ1) is 16.3. The highest BCUT2D eigenvalue weighted by atomic mass is 35.5. The van der Waals surface area contributed by atoms with Gasteiger partial charge in [-0.05, 0) is 38.5 Å². The van der Waals surface area contributed by atoms with Crippen molar-refractivity contribution >= 4 is 29.2 Å². The predicted octanol–water partition coefficient (Wildman–Crippen LogP) is 3.81. The van der Waals surface area contributed by atoms with Crippen molar-refractivity contribution in [2.24, 2.45) is 0 Å². The van der Waals surface area contributed by atoms with E-state index in [4.69, 9.17) is 16.3 Å². The molecule has 0 aliphatic heterocycles. The van der Waals surface area contributed by atoms with Gasteiger partial charge in [0.25, 0.3) is 0 Å². The number of amides is 1. The van der Waals surface area contributed by atoms with Gasteiger partial charge in [0.2, 0.25) is 0 Å². The Morgan fingerprint density at radius 3 is 2.55 bits per heavy atom. The minimum absolute atomic E-state index is 0.0538. The van der Waals surface area contributed by atoms with Gasteiger partial charge >= 0.3 is 6.09 Å². The van der Waals surface area contributed by atoms with Crippen LogP contribution in [0.15, 0.2) is 18.2 Å². The monoisotopic (exact) mass is 320 g/mol. The van der Waals surface area contributed by atoms with Crippen LogP contribution < -0.4 is 5.32 Å². The molecule has 116 valence electrons. The highest BCUT2D eigenvalue weighted by molar-refractivity contribution is 6.33. The summed E-state index contributed by atoms with van der Waals surface area (Å²) in [4.78, 5) is 23.1. The second kappa shape index (κ2) is 5.62. The van der Waals surface area contributed by atoms with Crippen LogP contribution in [0.25, 0.3) is 0 Å². The van der Waals surface area contributed by atoms with E-state index in [2.05, 4.69) is 11.4 Å². The average molecular weight is 321 g/mol. The molecule has 1 N–H and O–H groups in total. The van der Waals surface area contributed by atoms with Crippen LogP contribution in [-0.4, -0.2) is 17.5 Å². The number of nitrogens with one attached hydrogen (secondary N) is 1. The van der Waals surface area contributed by atoms with E-state index in [0.29, 0.717) is 16.3 Å². The molecule has 0 saturated heterocycles. The predicted molar refractivity (Wildman–Crippen MR) is 82.8 cm³/mol. The van der Waals surface area contributed by atoms with Crippen molar-refractivity contribution in [3.05, 3.63) is 28.8 Å². The molecule has 5 nitrogen and oxygen atoms in total. The topological polar surface area (TPSA) is 79.2 Å². The summed E-state index contributed by atoms with van der Waals surface area (Å²) in [6.07, 6.45) is -0.240. The largest absolute Gasteiger partial charge is 0.444 e. The number of rotatable bonds is 2. The summed E-state index contributed by atoms with van der Waals surface area (Å²) in [5.41, 5.74) is -0.401. The molecular formula is C16H17ClN2O3. The second-order valence-electron chi connectivity index (χ2n) is 6.41. The molecule has 0 radical (unpaired) electrons. The van der Waals surface area contributed by atoms with Crippen LogP contribution in [0.2, 0.25) is 5.02 Å². The number of ketones is 1. The van der Waals surface area contributed by atoms with Gasteiger partial charge in [-0.25, -0.2) is 4.79 Å². The van der Waals surface area contributed by atoms with Crippen molar-refractivity contribution in [1.82, 2.24) is 0 Å². The van der Waals surface area contributed by atoms with E-state index in [1.54, 1.807) is 39.0 Å². The highest BCUT2D eigenvalue weighted by Gasteiger charge is 2.45. The minimum Gasteiger partial charge on any atom is -0.444 e. The normalized spacial score (nSPS) is 16.4. The number of benzene rings is 1. The van der Waals surface area contributed by atoms with E-state index in [-0.39, 0.29) is 18.6 Å². The van der Waals surface area contributed by atoms with Gasteiger partial charge in [-0.15, -0.1) is 0 Å². The summed E-state index contributed by atoms with van der Waals surface area (Å²) in [6.45, 7) is 5.28. The molecular weight excluding hydrogens is 304 g/mol. The lowest BCUT2D eigenvalue weighted by atomic mass is 9.65. The number of halogens is 1. The number of nitriles is 1. The summed E-state index contributed by atoms with van der Waals surface area (Å²) in [6, 6.07) is 7.13. The number of nitrogens with zero attached hydrogens (tertiary/aromatic N) is 1. The van der Waals surface area contributed by atoms with Crippen LogP contribution in [0.5, 0.6) is 0 Å². The number of ether oxygens (including phenoxy) is 1. The van der Waals surface area contributed by atoms with Crippen LogP contribution in [0.1, 0.15) is 39.2 Å². The van der Waals surface area contributed by atoms with E-state index < -0.39 is 17.1 Å². The van der Waals surface area contributed by atoms with Crippen LogP contribution in [0.4, 0.5) is 10.5 Å². The first-order chi connectivity index (χ1) is 10.1. The first-order valence-electron chi connectivity index (χ1n) is 6.88. The number of hydrogen-bond acceptors (Lipinski definition) is 4. The van der Waals surface area contributed by atoms with Crippen molar-refractivity contribution in [1.29, 1.82) is 5.26 Å². The number of carbonyl (C=O) groups excluding carboxylic acids is 2. The fraction of sp³-hybridized carbons (Fsp3) is 0.438. The third kappa shape index (κ3) is 3.40. The van der Waals surface area contributed by atoms with Gasteiger partial charge < -0.3 is 4.74 Å². The minimum atomic E-state index is -0.813. The van der Waals surface area contributed by atoms with E-state index in [9.17, 15) is 14.9 Å². The molecule has 1 saturated carbocycles. The van der Waals surface area contributed by atoms with Crippen molar-refractivity contribution in [2.75, 3.05) is 5.32 Å². The molecule has 1 aromatic rings. The van der Waals surface area contributed by atoms with Gasteiger partial charge in [0.1, 0.15) is 11.4 Å². The fourth-order valence-electron chi connectivity index (χ4n) is 2.30. The standard InChI is InChI=1S/C16H17ClN2O3/c1-15(2,3)22-14(21)19-13-6-10(4-5-12(13)17)16(9-18)7-11(20)8-16/h4-6H,7-8H2,1-3H3,(H,19,21). The Balaban J connectivity index is 2.23. The summed E-state index contributed by atoms with van der Waals surface area (Å²) in [7, 11) is 0. The average Bonchev–Trinajstić information content (AvgIpc) is 2.35. The smallest absolute Gasteiger partial charge is 0.412 e. The number of carbonyl (C=O) groups is 2. The summed E-state index contributed by atoms with van der Waals surface area (Å²) in [5.74, 6) is 0.0538. The number of anilines is 1. The van der Waals surface area contributed by atoms with Crippen molar-refractivity contribution in [3.63, 3.8) is 0 Å². The Morgan fingerprint density at radius 1 is 1.41 bits per heavy atom. The Morgan fingerprint density at radius 2 is 2.05 bits per heavy atom. The zero-order chi connectivity index (χ0) is 16.5. The molecule has 0 spiro atoms. The molecule has 0 bridgehead atoms. The molecule has 1 aliphatic carbocycles. The molecule has 1 aromatic carbocycles. The maximum atomic E-state index is 11.8. The Bertz CT molecular complexity index is 663. The van der Waals surface area contributed by atoms with Gasteiger partial charge in [-0.2, -0.15) is 5.26 Å². The number of Topliss-reactive ketones (excluding diaryl/α,β-unsaturated/α-hetero) is 1. The Labute approximate surface area is 134 Å². The maximum Gasteiger partial charge on any atom is 0.412 e. The maximum absolute atomic E-state index is 11.8. The molecule has 1 amide bonds. The summed E-state index contributed by atoms with van der Waals surface area (Å²) in [5, 5.41) is 12.3. The van der Waals surface area contributed by atoms with Crippen molar-refractivity contribution in [2.45, 2.75) is 44.6 Å². The Kier molecular flexibility index (Phi) is 4.17. The molecule has 1 fully saturated rings. The number of hydrogen-bond donors (Lipinski definition) is 1. The van der Waals surface area contributed by atoms with Crippen molar-refractivity contribution in [3.8, 4) is 6.07 Å². The van der Waals surface area contributed by atoms with Crippen LogP contribution >= 0.6 is 11.6 Å². The van der Waals surface area contributed by atoms with Gasteiger partial charge in [-0.1, -0.05) is 17.7 Å². The zero-order valence-electron chi connectivity index (χ0n) is 12.7. The third-order valence-corrected chi connectivity index (χ3v) is 3.70. The van der Waals surface area contributed by atoms with Gasteiger partial charge in [0, 0.05) is 12.8 Å². The molecule has 6 heteroatoms. The lowest BCUT2D eigenvalue weighted by Gasteiger charge is -2.34. The van der Waals surface area contributed by atoms with Crippen LogP contribution in [0.3, 0.4) is 0 Å². The third-order valence-electron chi connectivity index (χ3n) is 3.37. The Hall–Kier alpha value is -2.06. The SMILES string of the molecule is CC(C)(C)OC(=O)Nc1cc(C2(C#N)CC(=O)C2)ccc1Cl. The highest BCUT2D eigenvalue weighted by Crippen LogP contribution is 2.42. The van der Waals surface area contributed by atoms with Crippen LogP contribution in [-0.2, 0) is 14.9 Å². The molecule has 0 aromatic heterocycles. The summed E-state index contributed by atoms with van der Waals surface area (Å²) >= 11 is 6.07. The van der Waals surface area contributed by atoms with E-state index in [1.807, 2.05) is 0 Å². The van der Waals surface area contributed by atoms with E-state index >= 15 is 0 Å². The molecule has 0 atom stereocenters. The van der Waals surface area contributed by atoms with Gasteiger partial charge in [-0.3, -0.25) is 10.1 Å². The second-order valence-corrected chi connectivity index (χ2v) is 6.81. The van der Waals surface area contributed by atoms with E-state index in [0.717, 1.165) is 0 Å². The summed E-state index contributed by atoms with van der Waals surface area (Å²) < 4.78 is 5.18. The van der Waals surface area contributed by atoms with Gasteiger partial charge in [0.05, 0.1) is 22.2 Å². The molecule has 0 heterocycles. The van der Waals surface area contributed by atoms with Gasteiger partial charge in [0.15, 0.2) is 0 Å². The van der Waals surface area contributed by atoms with Crippen LogP contribution in [0, 0.1) is 11.3 Å². The lowest BCUT2D eigenvalue weighted by Crippen LogP contribution is -2.40. The van der Waals surface area contributed by atoms with Crippen molar-refractivity contribution < 1.29 is 14.3 Å². The molecule has 1 aliphatic rings. The molecule has 22 heavy (non-hydrogen) atoms. The quantitative estimate of drug-likeness (QED) is 0.898. The fourth-order valence-corrected chi connectivity index (χ4v) is 2.47. The van der Waals surface area contributed by atoms with E-state index in [1.165, 1.54) is 0 Å². The molecule has 2 rings (SSSR count). The molecule has 0 unspecified atom stereocenters. The first-order valence-corrected chi connectivity index (χ1v) is 7.26. The zero-order valence-corrected chi connectivity index (χ0v) is 13.5. The lowest BCUT2D eigenvalue weighted by molar-refractivity contribution is -0.126.